The summed E-state index contributed by atoms with van der Waals surface area (Å²) in [6.45, 7) is 3.79. The van der Waals surface area contributed by atoms with Crippen molar-refractivity contribution in [3.05, 3.63) is 48.3 Å². The Morgan fingerprint density at radius 1 is 1.27 bits per heavy atom. The largest absolute Gasteiger partial charge is 0.508 e. The fourth-order valence-corrected chi connectivity index (χ4v) is 2.11. The molecule has 0 saturated heterocycles. The first kappa shape index (κ1) is 16.0. The van der Waals surface area contributed by atoms with Gasteiger partial charge in [0, 0.05) is 29.9 Å². The van der Waals surface area contributed by atoms with Gasteiger partial charge in [-0.15, -0.1) is 0 Å². The summed E-state index contributed by atoms with van der Waals surface area (Å²) in [6.07, 6.45) is 2.11. The van der Waals surface area contributed by atoms with Gasteiger partial charge in [0.25, 0.3) is 0 Å². The highest BCUT2D eigenvalue weighted by Crippen LogP contribution is 2.22. The van der Waals surface area contributed by atoms with Crippen molar-refractivity contribution in [1.29, 1.82) is 0 Å². The lowest BCUT2D eigenvalue weighted by atomic mass is 10.1. The van der Waals surface area contributed by atoms with Gasteiger partial charge < -0.3 is 16.2 Å². The number of rotatable bonds is 5. The number of benzene rings is 1. The zero-order valence-electron chi connectivity index (χ0n) is 12.8. The third-order valence-corrected chi connectivity index (χ3v) is 3.20. The van der Waals surface area contributed by atoms with E-state index in [4.69, 9.17) is 5.73 Å². The molecule has 5 heteroatoms. The van der Waals surface area contributed by atoms with Gasteiger partial charge in [-0.1, -0.05) is 18.2 Å². The van der Waals surface area contributed by atoms with Crippen molar-refractivity contribution in [1.82, 2.24) is 10.3 Å². The number of amides is 1. The molecule has 0 radical (unpaired) electrons. The Bertz CT molecular complexity index is 639. The van der Waals surface area contributed by atoms with Gasteiger partial charge in [0.05, 0.1) is 6.04 Å². The highest BCUT2D eigenvalue weighted by atomic mass is 16.3. The van der Waals surface area contributed by atoms with Gasteiger partial charge in [0.1, 0.15) is 5.75 Å². The van der Waals surface area contributed by atoms with Crippen LogP contribution in [0.1, 0.15) is 19.5 Å². The van der Waals surface area contributed by atoms with E-state index in [0.29, 0.717) is 6.42 Å². The van der Waals surface area contributed by atoms with Gasteiger partial charge in [0.2, 0.25) is 5.91 Å². The van der Waals surface area contributed by atoms with Crippen LogP contribution >= 0.6 is 0 Å². The average Bonchev–Trinajstić information content (AvgIpc) is 2.47. The summed E-state index contributed by atoms with van der Waals surface area (Å²) < 4.78 is 0. The number of aromatic nitrogens is 1. The molecule has 1 aromatic heterocycles. The van der Waals surface area contributed by atoms with Crippen molar-refractivity contribution >= 4 is 5.91 Å². The summed E-state index contributed by atoms with van der Waals surface area (Å²) in [6, 6.07) is 10.2. The molecule has 0 aliphatic carbocycles. The maximum Gasteiger partial charge on any atom is 0.237 e. The predicted molar refractivity (Wildman–Crippen MR) is 86.3 cm³/mol. The zero-order chi connectivity index (χ0) is 16.1. The molecule has 0 saturated carbocycles. The molecule has 0 aliphatic heterocycles. The molecule has 22 heavy (non-hydrogen) atoms. The average molecular weight is 299 g/mol. The molecule has 1 heterocycles. The normalized spacial score (nSPS) is 12.2. The number of carbonyl (C=O) groups is 1. The van der Waals surface area contributed by atoms with Crippen molar-refractivity contribution < 1.29 is 9.90 Å². The molecular weight excluding hydrogens is 278 g/mol. The first-order valence-corrected chi connectivity index (χ1v) is 7.26. The molecule has 0 fully saturated rings. The Morgan fingerprint density at radius 2 is 2.05 bits per heavy atom. The van der Waals surface area contributed by atoms with Crippen molar-refractivity contribution in [3.63, 3.8) is 0 Å². The number of hydrogen-bond donors (Lipinski definition) is 3. The molecule has 5 nitrogen and oxygen atoms in total. The number of phenolic OH excluding ortho intramolecular Hbond substituents is 1. The van der Waals surface area contributed by atoms with Crippen LogP contribution in [0, 0.1) is 0 Å². The van der Waals surface area contributed by atoms with E-state index in [1.165, 1.54) is 0 Å². The van der Waals surface area contributed by atoms with Crippen molar-refractivity contribution in [2.45, 2.75) is 32.4 Å². The van der Waals surface area contributed by atoms with E-state index < -0.39 is 6.04 Å². The molecule has 2 rings (SSSR count). The Kier molecular flexibility index (Phi) is 5.12. The van der Waals surface area contributed by atoms with Crippen LogP contribution in [0.25, 0.3) is 11.1 Å². The van der Waals surface area contributed by atoms with E-state index in [1.807, 2.05) is 32.0 Å². The predicted octanol–water partition coefficient (Wildman–Crippen LogP) is 1.85. The molecule has 1 aromatic carbocycles. The van der Waals surface area contributed by atoms with Crippen molar-refractivity contribution in [2.24, 2.45) is 5.73 Å². The number of nitrogens with one attached hydrogen (secondary N) is 1. The lowest BCUT2D eigenvalue weighted by molar-refractivity contribution is -0.122. The van der Waals surface area contributed by atoms with Crippen LogP contribution in [0.3, 0.4) is 0 Å². The summed E-state index contributed by atoms with van der Waals surface area (Å²) in [5.74, 6) is 0.0443. The number of phenols is 1. The summed E-state index contributed by atoms with van der Waals surface area (Å²) >= 11 is 0. The molecule has 4 N–H and O–H groups in total. The minimum Gasteiger partial charge on any atom is -0.508 e. The third kappa shape index (κ3) is 4.30. The van der Waals surface area contributed by atoms with Crippen LogP contribution in [-0.2, 0) is 11.2 Å². The number of hydrogen-bond acceptors (Lipinski definition) is 4. The Balaban J connectivity index is 2.04. The van der Waals surface area contributed by atoms with Crippen molar-refractivity contribution in [3.8, 4) is 16.9 Å². The van der Waals surface area contributed by atoms with E-state index in [-0.39, 0.29) is 17.7 Å². The molecule has 116 valence electrons. The van der Waals surface area contributed by atoms with Gasteiger partial charge in [-0.05, 0) is 37.6 Å². The fourth-order valence-electron chi connectivity index (χ4n) is 2.11. The van der Waals surface area contributed by atoms with Gasteiger partial charge in [-0.3, -0.25) is 9.78 Å². The molecule has 0 spiro atoms. The first-order chi connectivity index (χ1) is 10.5. The molecule has 2 aromatic rings. The Labute approximate surface area is 130 Å². The highest BCUT2D eigenvalue weighted by molar-refractivity contribution is 5.82. The molecule has 0 unspecified atom stereocenters. The lowest BCUT2D eigenvalue weighted by Crippen LogP contribution is -2.44. The third-order valence-electron chi connectivity index (χ3n) is 3.20. The maximum atomic E-state index is 11.8. The molecule has 0 bridgehead atoms. The van der Waals surface area contributed by atoms with Crippen molar-refractivity contribution in [2.75, 3.05) is 0 Å². The summed E-state index contributed by atoms with van der Waals surface area (Å²) in [5, 5.41) is 12.3. The van der Waals surface area contributed by atoms with E-state index in [2.05, 4.69) is 10.3 Å². The van der Waals surface area contributed by atoms with Crippen LogP contribution in [0.5, 0.6) is 5.75 Å². The minimum absolute atomic E-state index is 0.0691. The van der Waals surface area contributed by atoms with Gasteiger partial charge in [-0.2, -0.15) is 0 Å². The molecule has 0 aliphatic rings. The van der Waals surface area contributed by atoms with E-state index in [0.717, 1.165) is 16.8 Å². The van der Waals surface area contributed by atoms with Crippen LogP contribution in [0.4, 0.5) is 0 Å². The number of aromatic hydroxyl groups is 1. The first-order valence-electron chi connectivity index (χ1n) is 7.26. The minimum atomic E-state index is -0.610. The lowest BCUT2D eigenvalue weighted by Gasteiger charge is -2.14. The summed E-state index contributed by atoms with van der Waals surface area (Å²) in [4.78, 5) is 16.1. The Hall–Kier alpha value is -2.40. The van der Waals surface area contributed by atoms with E-state index in [9.17, 15) is 9.90 Å². The summed E-state index contributed by atoms with van der Waals surface area (Å²) in [7, 11) is 0. The fraction of sp³-hybridized carbons (Fsp3) is 0.294. The molecular formula is C17H21N3O2. The quantitative estimate of drug-likeness (QED) is 0.786. The zero-order valence-corrected chi connectivity index (χ0v) is 12.8. The standard InChI is InChI=1S/C17H21N3O2/c1-11(2)20-17(22)16(18)9-14-7-6-13(10-19-14)12-4-3-5-15(21)8-12/h3-8,10-11,16,21H,9,18H2,1-2H3,(H,20,22)/t16-/m0/s1. The smallest absolute Gasteiger partial charge is 0.237 e. The molecule has 1 amide bonds. The second-order valence-electron chi connectivity index (χ2n) is 5.56. The second kappa shape index (κ2) is 7.04. The van der Waals surface area contributed by atoms with E-state index in [1.54, 1.807) is 24.4 Å². The molecule has 1 atom stereocenters. The van der Waals surface area contributed by atoms with Crippen LogP contribution in [0.2, 0.25) is 0 Å². The number of nitrogens with two attached hydrogens (primary N) is 1. The van der Waals surface area contributed by atoms with Crippen LogP contribution in [-0.4, -0.2) is 28.1 Å². The van der Waals surface area contributed by atoms with Crippen LogP contribution < -0.4 is 11.1 Å². The SMILES string of the molecule is CC(C)NC(=O)[C@@H](N)Cc1ccc(-c2cccc(O)c2)cn1. The van der Waals surface area contributed by atoms with Gasteiger partial charge in [-0.25, -0.2) is 0 Å². The monoisotopic (exact) mass is 299 g/mol. The van der Waals surface area contributed by atoms with Gasteiger partial charge in [0.15, 0.2) is 0 Å². The number of carbonyl (C=O) groups excluding carboxylic acids is 1. The summed E-state index contributed by atoms with van der Waals surface area (Å²) in [5.41, 5.74) is 8.43. The number of pyridine rings is 1. The second-order valence-corrected chi connectivity index (χ2v) is 5.56. The van der Waals surface area contributed by atoms with Gasteiger partial charge >= 0.3 is 0 Å². The number of nitrogens with zero attached hydrogens (tertiary/aromatic N) is 1. The maximum absolute atomic E-state index is 11.8. The van der Waals surface area contributed by atoms with E-state index >= 15 is 0 Å². The highest BCUT2D eigenvalue weighted by Gasteiger charge is 2.15. The topological polar surface area (TPSA) is 88.2 Å². The Morgan fingerprint density at radius 3 is 2.64 bits per heavy atom. The van der Waals surface area contributed by atoms with Crippen LogP contribution in [0.15, 0.2) is 42.6 Å².